The zero-order valence-corrected chi connectivity index (χ0v) is 10.8. The van der Waals surface area contributed by atoms with Crippen molar-refractivity contribution in [1.82, 2.24) is 5.32 Å². The molecule has 1 aromatic rings. The molecule has 3 nitrogen and oxygen atoms in total. The van der Waals surface area contributed by atoms with Gasteiger partial charge in [-0.1, -0.05) is 38.1 Å². The molecule has 2 atom stereocenters. The Hall–Kier alpha value is -1.00. The Kier molecular flexibility index (Phi) is 3.74. The summed E-state index contributed by atoms with van der Waals surface area (Å²) < 4.78 is 0. The number of carbonyl (C=O) groups is 1. The summed E-state index contributed by atoms with van der Waals surface area (Å²) in [5, 5.41) is 12.1. The van der Waals surface area contributed by atoms with E-state index in [0.29, 0.717) is 11.7 Å². The van der Waals surface area contributed by atoms with Crippen LogP contribution in [0.15, 0.2) is 24.3 Å². The van der Waals surface area contributed by atoms with Gasteiger partial charge in [-0.3, -0.25) is 10.1 Å². The number of benzene rings is 1. The lowest BCUT2D eigenvalue weighted by Gasteiger charge is -2.13. The topological polar surface area (TPSA) is 49.3 Å². The summed E-state index contributed by atoms with van der Waals surface area (Å²) in [4.78, 5) is 10.8. The second kappa shape index (κ2) is 5.10. The SMILES string of the molecule is CC(C)c1ccc([C@@H]2NC(C(=O)O)CS2)cc1. The Bertz CT molecular complexity index is 402. The van der Waals surface area contributed by atoms with Crippen LogP contribution in [0.25, 0.3) is 0 Å². The molecule has 1 heterocycles. The largest absolute Gasteiger partial charge is 0.480 e. The summed E-state index contributed by atoms with van der Waals surface area (Å²) in [6, 6.07) is 8.00. The Morgan fingerprint density at radius 3 is 2.53 bits per heavy atom. The molecule has 1 aromatic carbocycles. The van der Waals surface area contributed by atoms with Gasteiger partial charge in [0.15, 0.2) is 0 Å². The summed E-state index contributed by atoms with van der Waals surface area (Å²) in [5.74, 6) is 0.394. The molecule has 1 aliphatic heterocycles. The summed E-state index contributed by atoms with van der Waals surface area (Å²) in [6.45, 7) is 4.33. The van der Waals surface area contributed by atoms with E-state index in [-0.39, 0.29) is 5.37 Å². The highest BCUT2D eigenvalue weighted by atomic mass is 32.2. The van der Waals surface area contributed by atoms with E-state index in [4.69, 9.17) is 5.11 Å². The molecule has 0 bridgehead atoms. The first-order valence-corrected chi connectivity index (χ1v) is 6.83. The molecule has 92 valence electrons. The van der Waals surface area contributed by atoms with E-state index in [2.05, 4.69) is 43.4 Å². The van der Waals surface area contributed by atoms with Gasteiger partial charge < -0.3 is 5.11 Å². The van der Waals surface area contributed by atoms with Crippen molar-refractivity contribution in [1.29, 1.82) is 0 Å². The minimum atomic E-state index is -0.765. The molecule has 17 heavy (non-hydrogen) atoms. The highest BCUT2D eigenvalue weighted by molar-refractivity contribution is 7.99. The van der Waals surface area contributed by atoms with Gasteiger partial charge in [0.25, 0.3) is 0 Å². The fourth-order valence-electron chi connectivity index (χ4n) is 1.86. The van der Waals surface area contributed by atoms with Crippen molar-refractivity contribution < 1.29 is 9.90 Å². The number of carboxylic acids is 1. The highest BCUT2D eigenvalue weighted by Gasteiger charge is 2.30. The van der Waals surface area contributed by atoms with E-state index in [9.17, 15) is 4.79 Å². The lowest BCUT2D eigenvalue weighted by atomic mass is 10.0. The van der Waals surface area contributed by atoms with Crippen molar-refractivity contribution >= 4 is 17.7 Å². The van der Waals surface area contributed by atoms with Crippen LogP contribution in [-0.4, -0.2) is 22.9 Å². The second-order valence-electron chi connectivity index (χ2n) is 4.59. The van der Waals surface area contributed by atoms with Crippen molar-refractivity contribution in [2.24, 2.45) is 0 Å². The van der Waals surface area contributed by atoms with Crippen LogP contribution in [0, 0.1) is 0 Å². The van der Waals surface area contributed by atoms with E-state index in [1.165, 1.54) is 5.56 Å². The molecule has 1 aliphatic rings. The zero-order chi connectivity index (χ0) is 12.4. The second-order valence-corrected chi connectivity index (χ2v) is 5.73. The maximum absolute atomic E-state index is 10.8. The van der Waals surface area contributed by atoms with Crippen molar-refractivity contribution in [3.05, 3.63) is 35.4 Å². The van der Waals surface area contributed by atoms with Gasteiger partial charge >= 0.3 is 5.97 Å². The molecule has 0 aromatic heterocycles. The van der Waals surface area contributed by atoms with Crippen molar-refractivity contribution in [3.8, 4) is 0 Å². The van der Waals surface area contributed by atoms with Gasteiger partial charge in [-0.05, 0) is 17.0 Å². The third kappa shape index (κ3) is 2.82. The molecular formula is C13H17NO2S. The van der Waals surface area contributed by atoms with Gasteiger partial charge in [0.05, 0.1) is 5.37 Å². The third-order valence-corrected chi connectivity index (χ3v) is 4.25. The predicted octanol–water partition coefficient (Wildman–Crippen LogP) is 2.60. The van der Waals surface area contributed by atoms with Crippen LogP contribution in [0.3, 0.4) is 0 Å². The lowest BCUT2D eigenvalue weighted by molar-refractivity contribution is -0.138. The molecule has 1 saturated heterocycles. The van der Waals surface area contributed by atoms with E-state index < -0.39 is 12.0 Å². The molecule has 4 heteroatoms. The first kappa shape index (κ1) is 12.5. The van der Waals surface area contributed by atoms with Crippen LogP contribution in [-0.2, 0) is 4.79 Å². The van der Waals surface area contributed by atoms with Crippen molar-refractivity contribution in [3.63, 3.8) is 0 Å². The quantitative estimate of drug-likeness (QED) is 0.867. The van der Waals surface area contributed by atoms with E-state index in [1.807, 2.05) is 0 Å². The molecule has 0 spiro atoms. The third-order valence-electron chi connectivity index (χ3n) is 2.99. The Labute approximate surface area is 106 Å². The number of aliphatic carboxylic acids is 1. The van der Waals surface area contributed by atoms with Gasteiger partial charge in [-0.15, -0.1) is 11.8 Å². The zero-order valence-electron chi connectivity index (χ0n) is 10.0. The molecule has 1 fully saturated rings. The van der Waals surface area contributed by atoms with E-state index >= 15 is 0 Å². The predicted molar refractivity (Wildman–Crippen MR) is 70.3 cm³/mol. The number of carboxylic acid groups (broad SMARTS) is 1. The van der Waals surface area contributed by atoms with Crippen LogP contribution in [0.1, 0.15) is 36.3 Å². The number of rotatable bonds is 3. The lowest BCUT2D eigenvalue weighted by Crippen LogP contribution is -2.33. The summed E-state index contributed by atoms with van der Waals surface area (Å²) in [7, 11) is 0. The average Bonchev–Trinajstić information content (AvgIpc) is 2.78. The Morgan fingerprint density at radius 1 is 1.41 bits per heavy atom. The van der Waals surface area contributed by atoms with Crippen molar-refractivity contribution in [2.75, 3.05) is 5.75 Å². The monoisotopic (exact) mass is 251 g/mol. The van der Waals surface area contributed by atoms with E-state index in [1.54, 1.807) is 11.8 Å². The first-order chi connectivity index (χ1) is 8.08. The van der Waals surface area contributed by atoms with Crippen LogP contribution in [0.2, 0.25) is 0 Å². The molecule has 0 amide bonds. The van der Waals surface area contributed by atoms with Crippen LogP contribution in [0.4, 0.5) is 0 Å². The fraction of sp³-hybridized carbons (Fsp3) is 0.462. The highest BCUT2D eigenvalue weighted by Crippen LogP contribution is 2.33. The smallest absolute Gasteiger partial charge is 0.321 e. The molecule has 0 saturated carbocycles. The summed E-state index contributed by atoms with van der Waals surface area (Å²) in [5.41, 5.74) is 2.47. The normalized spacial score (nSPS) is 24.2. The molecule has 0 aliphatic carbocycles. The first-order valence-electron chi connectivity index (χ1n) is 5.78. The number of hydrogen-bond donors (Lipinski definition) is 2. The number of hydrogen-bond acceptors (Lipinski definition) is 3. The summed E-state index contributed by atoms with van der Waals surface area (Å²) in [6.07, 6.45) is 0. The minimum absolute atomic E-state index is 0.109. The molecule has 2 N–H and O–H groups in total. The average molecular weight is 251 g/mol. The molecule has 0 radical (unpaired) electrons. The standard InChI is InChI=1S/C13H17NO2S/c1-8(2)9-3-5-10(6-4-9)12-14-11(7-17-12)13(15)16/h3-6,8,11-12,14H,7H2,1-2H3,(H,15,16)/t11?,12-/m1/s1. The fourth-order valence-corrected chi connectivity index (χ4v) is 3.10. The van der Waals surface area contributed by atoms with E-state index in [0.717, 1.165) is 5.56 Å². The Balaban J connectivity index is 2.06. The number of nitrogens with one attached hydrogen (secondary N) is 1. The van der Waals surface area contributed by atoms with Crippen LogP contribution in [0.5, 0.6) is 0 Å². The molecule has 2 rings (SSSR count). The van der Waals surface area contributed by atoms with Crippen LogP contribution < -0.4 is 5.32 Å². The van der Waals surface area contributed by atoms with Gasteiger partial charge in [0.1, 0.15) is 6.04 Å². The molecular weight excluding hydrogens is 234 g/mol. The maximum Gasteiger partial charge on any atom is 0.321 e. The van der Waals surface area contributed by atoms with Gasteiger partial charge in [0.2, 0.25) is 0 Å². The van der Waals surface area contributed by atoms with Gasteiger partial charge in [-0.25, -0.2) is 0 Å². The maximum atomic E-state index is 10.8. The van der Waals surface area contributed by atoms with Gasteiger partial charge in [-0.2, -0.15) is 0 Å². The van der Waals surface area contributed by atoms with Crippen molar-refractivity contribution in [2.45, 2.75) is 31.2 Å². The van der Waals surface area contributed by atoms with Gasteiger partial charge in [0, 0.05) is 5.75 Å². The number of thioether (sulfide) groups is 1. The molecule has 1 unspecified atom stereocenters. The summed E-state index contributed by atoms with van der Waals surface area (Å²) >= 11 is 1.65. The Morgan fingerprint density at radius 2 is 2.06 bits per heavy atom. The van der Waals surface area contributed by atoms with Crippen LogP contribution >= 0.6 is 11.8 Å². The minimum Gasteiger partial charge on any atom is -0.480 e.